The van der Waals surface area contributed by atoms with Crippen molar-refractivity contribution in [2.75, 3.05) is 0 Å². The second kappa shape index (κ2) is 4.17. The summed E-state index contributed by atoms with van der Waals surface area (Å²) >= 11 is 0. The van der Waals surface area contributed by atoms with Crippen molar-refractivity contribution in [2.24, 2.45) is 11.7 Å². The van der Waals surface area contributed by atoms with Crippen LogP contribution >= 0.6 is 0 Å². The Balaban J connectivity index is 2.28. The van der Waals surface area contributed by atoms with Crippen LogP contribution in [0.3, 0.4) is 0 Å². The van der Waals surface area contributed by atoms with E-state index in [0.717, 1.165) is 36.8 Å². The molecule has 0 aromatic heterocycles. The van der Waals surface area contributed by atoms with Gasteiger partial charge in [0.2, 0.25) is 0 Å². The highest BCUT2D eigenvalue weighted by Crippen LogP contribution is 2.39. The van der Waals surface area contributed by atoms with Gasteiger partial charge in [0, 0.05) is 5.54 Å². The molecule has 1 aliphatic rings. The summed E-state index contributed by atoms with van der Waals surface area (Å²) in [5.41, 5.74) is 8.51. The summed E-state index contributed by atoms with van der Waals surface area (Å²) in [6.07, 6.45) is 4.02. The topological polar surface area (TPSA) is 26.0 Å². The minimum Gasteiger partial charge on any atom is -0.321 e. The first-order valence-electron chi connectivity index (χ1n) is 6.13. The normalized spacial score (nSPS) is 25.5. The van der Waals surface area contributed by atoms with E-state index in [-0.39, 0.29) is 11.4 Å². The molecule has 2 rings (SSSR count). The highest BCUT2D eigenvalue weighted by molar-refractivity contribution is 5.38. The van der Waals surface area contributed by atoms with Gasteiger partial charge in [0.15, 0.2) is 0 Å². The Labute approximate surface area is 96.9 Å². The Kier molecular flexibility index (Phi) is 3.02. The van der Waals surface area contributed by atoms with Crippen LogP contribution in [0.4, 0.5) is 4.39 Å². The standard InChI is InChI=1S/C14H20FN/c1-3-10(2)9-14(16)7-6-11-8-12(15)4-5-13(11)14/h4-5,8,10H,3,6-7,9,16H2,1-2H3. The fourth-order valence-corrected chi connectivity index (χ4v) is 2.73. The van der Waals surface area contributed by atoms with Gasteiger partial charge in [0.25, 0.3) is 0 Å². The highest BCUT2D eigenvalue weighted by atomic mass is 19.1. The number of benzene rings is 1. The first-order valence-corrected chi connectivity index (χ1v) is 6.13. The summed E-state index contributed by atoms with van der Waals surface area (Å²) in [4.78, 5) is 0. The SMILES string of the molecule is CCC(C)CC1(N)CCc2cc(F)ccc21. The van der Waals surface area contributed by atoms with Crippen LogP contribution in [0.15, 0.2) is 18.2 Å². The molecule has 16 heavy (non-hydrogen) atoms. The van der Waals surface area contributed by atoms with Gasteiger partial charge in [-0.1, -0.05) is 26.3 Å². The van der Waals surface area contributed by atoms with Gasteiger partial charge in [-0.2, -0.15) is 0 Å². The van der Waals surface area contributed by atoms with Crippen LogP contribution in [-0.2, 0) is 12.0 Å². The summed E-state index contributed by atoms with van der Waals surface area (Å²) in [6.45, 7) is 4.42. The zero-order valence-corrected chi connectivity index (χ0v) is 10.1. The zero-order chi connectivity index (χ0) is 11.8. The van der Waals surface area contributed by atoms with E-state index in [4.69, 9.17) is 5.73 Å². The van der Waals surface area contributed by atoms with Crippen LogP contribution in [-0.4, -0.2) is 0 Å². The largest absolute Gasteiger partial charge is 0.321 e. The third-order valence-corrected chi connectivity index (χ3v) is 3.85. The van der Waals surface area contributed by atoms with Gasteiger partial charge in [-0.15, -0.1) is 0 Å². The summed E-state index contributed by atoms with van der Waals surface area (Å²) in [5.74, 6) is 0.479. The van der Waals surface area contributed by atoms with Crippen molar-refractivity contribution in [1.29, 1.82) is 0 Å². The molecule has 0 bridgehead atoms. The molecule has 2 N–H and O–H groups in total. The van der Waals surface area contributed by atoms with E-state index in [2.05, 4.69) is 13.8 Å². The van der Waals surface area contributed by atoms with E-state index in [1.165, 1.54) is 6.07 Å². The number of fused-ring (bicyclic) bond motifs is 1. The van der Waals surface area contributed by atoms with Crippen LogP contribution in [0.1, 0.15) is 44.2 Å². The molecule has 0 heterocycles. The molecule has 0 aliphatic heterocycles. The lowest BCUT2D eigenvalue weighted by molar-refractivity contribution is 0.328. The first-order chi connectivity index (χ1) is 7.55. The second-order valence-corrected chi connectivity index (χ2v) is 5.18. The molecule has 1 nitrogen and oxygen atoms in total. The van der Waals surface area contributed by atoms with Gasteiger partial charge >= 0.3 is 0 Å². The Morgan fingerprint density at radius 3 is 2.94 bits per heavy atom. The van der Waals surface area contributed by atoms with Crippen molar-refractivity contribution in [3.8, 4) is 0 Å². The quantitative estimate of drug-likeness (QED) is 0.832. The van der Waals surface area contributed by atoms with Crippen molar-refractivity contribution in [2.45, 2.75) is 45.1 Å². The summed E-state index contributed by atoms with van der Waals surface area (Å²) in [7, 11) is 0. The molecule has 0 amide bonds. The van der Waals surface area contributed by atoms with Crippen molar-refractivity contribution in [1.82, 2.24) is 0 Å². The van der Waals surface area contributed by atoms with Crippen LogP contribution in [0.5, 0.6) is 0 Å². The molecule has 88 valence electrons. The second-order valence-electron chi connectivity index (χ2n) is 5.18. The summed E-state index contributed by atoms with van der Waals surface area (Å²) in [5, 5.41) is 0. The van der Waals surface area contributed by atoms with E-state index in [1.54, 1.807) is 6.07 Å². The molecule has 1 aromatic carbocycles. The van der Waals surface area contributed by atoms with Crippen molar-refractivity contribution in [3.63, 3.8) is 0 Å². The van der Waals surface area contributed by atoms with Crippen LogP contribution < -0.4 is 5.73 Å². The number of aryl methyl sites for hydroxylation is 1. The van der Waals surface area contributed by atoms with Crippen molar-refractivity contribution < 1.29 is 4.39 Å². The summed E-state index contributed by atoms with van der Waals surface area (Å²) < 4.78 is 13.1. The number of nitrogens with two attached hydrogens (primary N) is 1. The minimum absolute atomic E-state index is 0.147. The van der Waals surface area contributed by atoms with E-state index < -0.39 is 0 Å². The molecular weight excluding hydrogens is 201 g/mol. The average Bonchev–Trinajstić information content (AvgIpc) is 2.55. The molecule has 1 aromatic rings. The lowest BCUT2D eigenvalue weighted by Gasteiger charge is -2.28. The Morgan fingerprint density at radius 2 is 2.25 bits per heavy atom. The average molecular weight is 221 g/mol. The maximum absolute atomic E-state index is 13.1. The Hall–Kier alpha value is -0.890. The fraction of sp³-hybridized carbons (Fsp3) is 0.571. The van der Waals surface area contributed by atoms with E-state index in [0.29, 0.717) is 5.92 Å². The van der Waals surface area contributed by atoms with Crippen LogP contribution in [0.2, 0.25) is 0 Å². The zero-order valence-electron chi connectivity index (χ0n) is 10.1. The molecule has 0 spiro atoms. The third-order valence-electron chi connectivity index (χ3n) is 3.85. The molecule has 1 aliphatic carbocycles. The highest BCUT2D eigenvalue weighted by Gasteiger charge is 2.35. The Morgan fingerprint density at radius 1 is 1.50 bits per heavy atom. The lowest BCUT2D eigenvalue weighted by Crippen LogP contribution is -2.35. The number of hydrogen-bond acceptors (Lipinski definition) is 1. The Bertz CT molecular complexity index is 388. The molecule has 2 heteroatoms. The molecule has 0 fully saturated rings. The molecule has 0 saturated heterocycles. The minimum atomic E-state index is -0.224. The van der Waals surface area contributed by atoms with Crippen LogP contribution in [0, 0.1) is 11.7 Å². The molecular formula is C14H20FN. The lowest BCUT2D eigenvalue weighted by atomic mass is 9.83. The smallest absolute Gasteiger partial charge is 0.123 e. The molecule has 2 unspecified atom stereocenters. The predicted molar refractivity (Wildman–Crippen MR) is 64.7 cm³/mol. The van der Waals surface area contributed by atoms with Crippen molar-refractivity contribution in [3.05, 3.63) is 35.1 Å². The fourth-order valence-electron chi connectivity index (χ4n) is 2.73. The number of halogens is 1. The van der Waals surface area contributed by atoms with Gasteiger partial charge in [0.05, 0.1) is 0 Å². The van der Waals surface area contributed by atoms with Gasteiger partial charge in [-0.25, -0.2) is 4.39 Å². The van der Waals surface area contributed by atoms with E-state index in [9.17, 15) is 4.39 Å². The molecule has 0 radical (unpaired) electrons. The molecule has 2 atom stereocenters. The van der Waals surface area contributed by atoms with E-state index in [1.807, 2.05) is 6.07 Å². The maximum Gasteiger partial charge on any atom is 0.123 e. The predicted octanol–water partition coefficient (Wildman–Crippen LogP) is 3.36. The van der Waals surface area contributed by atoms with Gasteiger partial charge < -0.3 is 5.73 Å². The third kappa shape index (κ3) is 1.99. The van der Waals surface area contributed by atoms with Crippen LogP contribution in [0.25, 0.3) is 0 Å². The van der Waals surface area contributed by atoms with Crippen molar-refractivity contribution >= 4 is 0 Å². The number of rotatable bonds is 3. The molecule has 0 saturated carbocycles. The first kappa shape index (κ1) is 11.6. The van der Waals surface area contributed by atoms with Gasteiger partial charge in [-0.05, 0) is 48.4 Å². The van der Waals surface area contributed by atoms with Gasteiger partial charge in [0.1, 0.15) is 5.82 Å². The monoisotopic (exact) mass is 221 g/mol. The van der Waals surface area contributed by atoms with Gasteiger partial charge in [-0.3, -0.25) is 0 Å². The number of hydrogen-bond donors (Lipinski definition) is 1. The summed E-state index contributed by atoms with van der Waals surface area (Å²) in [6, 6.07) is 5.04. The maximum atomic E-state index is 13.1. The van der Waals surface area contributed by atoms with E-state index >= 15 is 0 Å².